The van der Waals surface area contributed by atoms with E-state index in [1.54, 1.807) is 0 Å². The van der Waals surface area contributed by atoms with Crippen molar-refractivity contribution in [3.8, 4) is 0 Å². The lowest BCUT2D eigenvalue weighted by Gasteiger charge is -2.09. The summed E-state index contributed by atoms with van der Waals surface area (Å²) in [6.45, 7) is 2.66. The number of nitrogens with zero attached hydrogens (tertiary/aromatic N) is 9. The standard InChI is InChI=1S/C18H32N18/c19-10-28-11(20)31-15(30-10)24-6-2-1-3-7-26-17-34-14(23)35-18(36-17)27-9-5-4-8-25-16-32-12(21)29-13(22)33-16/h1-9H2,(H5,19,20,24,28,30,31)(H5,21,22,25,29,32,33)(H4,23,26,27,34,35,36). The van der Waals surface area contributed by atoms with Crippen molar-refractivity contribution in [1.82, 2.24) is 44.9 Å². The van der Waals surface area contributed by atoms with E-state index in [-0.39, 0.29) is 29.7 Å². The molecule has 3 aromatic heterocycles. The van der Waals surface area contributed by atoms with E-state index in [9.17, 15) is 0 Å². The molecule has 0 aliphatic carbocycles. The average molecular weight is 501 g/mol. The third-order valence-electron chi connectivity index (χ3n) is 4.58. The molecule has 0 fully saturated rings. The predicted molar refractivity (Wildman–Crippen MR) is 139 cm³/mol. The van der Waals surface area contributed by atoms with E-state index < -0.39 is 0 Å². The zero-order valence-electron chi connectivity index (χ0n) is 19.8. The molecule has 36 heavy (non-hydrogen) atoms. The zero-order chi connectivity index (χ0) is 25.8. The molecule has 0 unspecified atom stereocenters. The zero-order valence-corrected chi connectivity index (χ0v) is 19.8. The molecule has 14 N–H and O–H groups in total. The summed E-state index contributed by atoms with van der Waals surface area (Å²) in [5.74, 6) is 2.03. The van der Waals surface area contributed by atoms with E-state index in [1.165, 1.54) is 0 Å². The number of aromatic nitrogens is 9. The average Bonchev–Trinajstić information content (AvgIpc) is 2.79. The Hall–Kier alpha value is -4.77. The molecule has 0 aromatic carbocycles. The fourth-order valence-corrected chi connectivity index (χ4v) is 3.00. The van der Waals surface area contributed by atoms with Crippen LogP contribution in [0.5, 0.6) is 0 Å². The topological polar surface area (TPSA) is 294 Å². The van der Waals surface area contributed by atoms with Crippen LogP contribution in [-0.2, 0) is 0 Å². The van der Waals surface area contributed by atoms with Crippen molar-refractivity contribution in [3.63, 3.8) is 0 Å². The van der Waals surface area contributed by atoms with Gasteiger partial charge in [0.15, 0.2) is 0 Å². The minimum Gasteiger partial charge on any atom is -0.368 e. The van der Waals surface area contributed by atoms with E-state index in [0.717, 1.165) is 32.1 Å². The van der Waals surface area contributed by atoms with Crippen LogP contribution in [0.4, 0.5) is 53.5 Å². The molecule has 0 radical (unpaired) electrons. The highest BCUT2D eigenvalue weighted by Crippen LogP contribution is 2.09. The Balaban J connectivity index is 1.28. The molecule has 3 rings (SSSR count). The normalized spacial score (nSPS) is 10.7. The van der Waals surface area contributed by atoms with Crippen LogP contribution in [0.1, 0.15) is 32.1 Å². The van der Waals surface area contributed by atoms with Gasteiger partial charge in [0.25, 0.3) is 0 Å². The second-order valence-corrected chi connectivity index (χ2v) is 7.57. The number of rotatable bonds is 15. The first-order valence-electron chi connectivity index (χ1n) is 11.4. The fourth-order valence-electron chi connectivity index (χ4n) is 3.00. The van der Waals surface area contributed by atoms with Crippen LogP contribution in [0.25, 0.3) is 0 Å². The summed E-state index contributed by atoms with van der Waals surface area (Å²) in [7, 11) is 0. The molecule has 0 spiro atoms. The monoisotopic (exact) mass is 500 g/mol. The fraction of sp³-hybridized carbons (Fsp3) is 0.500. The van der Waals surface area contributed by atoms with Crippen molar-refractivity contribution < 1.29 is 0 Å². The van der Waals surface area contributed by atoms with E-state index in [2.05, 4.69) is 66.1 Å². The lowest BCUT2D eigenvalue weighted by Crippen LogP contribution is -2.14. The molecule has 0 bridgehead atoms. The van der Waals surface area contributed by atoms with Crippen molar-refractivity contribution >= 4 is 53.5 Å². The number of nitrogen functional groups attached to an aromatic ring is 5. The van der Waals surface area contributed by atoms with E-state index in [0.29, 0.717) is 50.0 Å². The van der Waals surface area contributed by atoms with Crippen LogP contribution in [0.3, 0.4) is 0 Å². The SMILES string of the molecule is Nc1nc(N)nc(NCCCCCNc2nc(N)nc(NCCCCNc3nc(N)nc(N)n3)n2)n1. The summed E-state index contributed by atoms with van der Waals surface area (Å²) >= 11 is 0. The van der Waals surface area contributed by atoms with Crippen LogP contribution in [0, 0.1) is 0 Å². The molecule has 3 heterocycles. The van der Waals surface area contributed by atoms with Crippen LogP contribution >= 0.6 is 0 Å². The molecule has 18 heteroatoms. The first-order chi connectivity index (χ1) is 17.4. The smallest absolute Gasteiger partial charge is 0.229 e. The van der Waals surface area contributed by atoms with Crippen LogP contribution < -0.4 is 49.9 Å². The number of anilines is 9. The van der Waals surface area contributed by atoms with E-state index in [4.69, 9.17) is 28.7 Å². The summed E-state index contributed by atoms with van der Waals surface area (Å²) in [6, 6.07) is 0. The lowest BCUT2D eigenvalue weighted by molar-refractivity contribution is 0.715. The highest BCUT2D eigenvalue weighted by Gasteiger charge is 2.05. The number of nitrogens with two attached hydrogens (primary N) is 5. The maximum absolute atomic E-state index is 5.81. The first kappa shape index (κ1) is 25.8. The van der Waals surface area contributed by atoms with E-state index >= 15 is 0 Å². The van der Waals surface area contributed by atoms with Gasteiger partial charge in [-0.05, 0) is 32.1 Å². The Morgan fingerprint density at radius 1 is 0.333 bits per heavy atom. The Bertz CT molecular complexity index is 1070. The third-order valence-corrected chi connectivity index (χ3v) is 4.58. The summed E-state index contributed by atoms with van der Waals surface area (Å²) in [6.07, 6.45) is 4.45. The Morgan fingerprint density at radius 2 is 0.583 bits per heavy atom. The van der Waals surface area contributed by atoms with Gasteiger partial charge >= 0.3 is 0 Å². The van der Waals surface area contributed by atoms with Crippen molar-refractivity contribution in [2.45, 2.75) is 32.1 Å². The van der Waals surface area contributed by atoms with Gasteiger partial charge < -0.3 is 49.9 Å². The van der Waals surface area contributed by atoms with Crippen molar-refractivity contribution in [2.24, 2.45) is 0 Å². The maximum atomic E-state index is 5.81. The maximum Gasteiger partial charge on any atom is 0.229 e. The lowest BCUT2D eigenvalue weighted by atomic mass is 10.2. The van der Waals surface area contributed by atoms with Gasteiger partial charge in [-0.25, -0.2) is 0 Å². The molecular weight excluding hydrogens is 468 g/mol. The number of nitrogens with one attached hydrogen (secondary N) is 4. The quantitative estimate of drug-likeness (QED) is 0.115. The molecule has 0 aliphatic heterocycles. The summed E-state index contributed by atoms with van der Waals surface area (Å²) < 4.78 is 0. The van der Waals surface area contributed by atoms with E-state index in [1.807, 2.05) is 0 Å². The van der Waals surface area contributed by atoms with Gasteiger partial charge in [0.2, 0.25) is 53.5 Å². The van der Waals surface area contributed by atoms with Crippen LogP contribution in [0.15, 0.2) is 0 Å². The Kier molecular flexibility index (Phi) is 9.48. The molecule has 0 atom stereocenters. The minimum absolute atomic E-state index is 0.0774. The van der Waals surface area contributed by atoms with Gasteiger partial charge in [-0.2, -0.15) is 44.9 Å². The van der Waals surface area contributed by atoms with Crippen LogP contribution in [0.2, 0.25) is 0 Å². The third kappa shape index (κ3) is 9.23. The predicted octanol–water partition coefficient (Wildman–Crippen LogP) is -0.849. The van der Waals surface area contributed by atoms with Gasteiger partial charge in [-0.15, -0.1) is 0 Å². The summed E-state index contributed by atoms with van der Waals surface area (Å²) in [5, 5.41) is 12.4. The molecule has 0 saturated heterocycles. The molecule has 0 amide bonds. The second-order valence-electron chi connectivity index (χ2n) is 7.57. The van der Waals surface area contributed by atoms with Gasteiger partial charge in [0.05, 0.1) is 0 Å². The van der Waals surface area contributed by atoms with Gasteiger partial charge in [0.1, 0.15) is 0 Å². The van der Waals surface area contributed by atoms with Gasteiger partial charge in [0, 0.05) is 26.2 Å². The molecule has 194 valence electrons. The molecular formula is C18H32N18. The molecule has 3 aromatic rings. The summed E-state index contributed by atoms with van der Waals surface area (Å²) in [5.41, 5.74) is 28.0. The van der Waals surface area contributed by atoms with Crippen molar-refractivity contribution in [3.05, 3.63) is 0 Å². The molecule has 0 aliphatic rings. The van der Waals surface area contributed by atoms with Crippen molar-refractivity contribution in [2.75, 3.05) is 76.1 Å². The Labute approximate surface area is 207 Å². The highest BCUT2D eigenvalue weighted by atomic mass is 15.2. The minimum atomic E-state index is 0.0774. The highest BCUT2D eigenvalue weighted by molar-refractivity contribution is 5.40. The van der Waals surface area contributed by atoms with Gasteiger partial charge in [-0.1, -0.05) is 0 Å². The van der Waals surface area contributed by atoms with Crippen molar-refractivity contribution in [1.29, 1.82) is 0 Å². The first-order valence-corrected chi connectivity index (χ1v) is 11.4. The largest absolute Gasteiger partial charge is 0.368 e. The second kappa shape index (κ2) is 13.2. The van der Waals surface area contributed by atoms with Crippen LogP contribution in [-0.4, -0.2) is 71.0 Å². The summed E-state index contributed by atoms with van der Waals surface area (Å²) in [4.78, 5) is 35.9. The number of hydrogen-bond acceptors (Lipinski definition) is 18. The molecule has 18 nitrogen and oxygen atoms in total. The molecule has 0 saturated carbocycles. The Morgan fingerprint density at radius 3 is 0.917 bits per heavy atom. The number of hydrogen-bond donors (Lipinski definition) is 9. The number of unbranched alkanes of at least 4 members (excludes halogenated alkanes) is 3. The van der Waals surface area contributed by atoms with Gasteiger partial charge in [-0.3, -0.25) is 0 Å².